The predicted octanol–water partition coefficient (Wildman–Crippen LogP) is 7.58. The molecule has 0 amide bonds. The highest BCUT2D eigenvalue weighted by Crippen LogP contribution is 2.45. The molecule has 0 heterocycles. The van der Waals surface area contributed by atoms with Crippen molar-refractivity contribution in [3.8, 4) is 0 Å². The van der Waals surface area contributed by atoms with Crippen LogP contribution in [0.2, 0.25) is 0 Å². The van der Waals surface area contributed by atoms with Crippen molar-refractivity contribution in [3.05, 3.63) is 0 Å². The van der Waals surface area contributed by atoms with Gasteiger partial charge in [-0.15, -0.1) is 0 Å². The third kappa shape index (κ3) is 4.93. The van der Waals surface area contributed by atoms with Crippen LogP contribution in [0.25, 0.3) is 0 Å². The van der Waals surface area contributed by atoms with Crippen LogP contribution in [0.15, 0.2) is 0 Å². The van der Waals surface area contributed by atoms with E-state index in [1.807, 2.05) is 0 Å². The van der Waals surface area contributed by atoms with E-state index in [4.69, 9.17) is 0 Å². The minimum absolute atomic E-state index is 0.934. The topological polar surface area (TPSA) is 3.24 Å². The summed E-state index contributed by atoms with van der Waals surface area (Å²) in [6.07, 6.45) is 25.7. The Bertz CT molecular complexity index is 407. The van der Waals surface area contributed by atoms with Gasteiger partial charge in [0.25, 0.3) is 0 Å². The van der Waals surface area contributed by atoms with Crippen molar-refractivity contribution in [2.45, 2.75) is 141 Å². The van der Waals surface area contributed by atoms with Gasteiger partial charge >= 0.3 is 0 Å². The Morgan fingerprint density at radius 2 is 1.04 bits per heavy atom. The van der Waals surface area contributed by atoms with Gasteiger partial charge in [0.1, 0.15) is 0 Å². The van der Waals surface area contributed by atoms with E-state index >= 15 is 0 Å². The second-order valence-corrected chi connectivity index (χ2v) is 11.2. The molecule has 27 heavy (non-hydrogen) atoms. The molecule has 4 aliphatic rings. The molecule has 0 aliphatic heterocycles. The largest absolute Gasteiger partial charge is 0.294 e. The molecule has 0 radical (unpaired) electrons. The summed E-state index contributed by atoms with van der Waals surface area (Å²) in [7, 11) is 0. The quantitative estimate of drug-likeness (QED) is 0.490. The summed E-state index contributed by atoms with van der Waals surface area (Å²) in [5.41, 5.74) is 0. The van der Waals surface area contributed by atoms with E-state index in [1.165, 1.54) is 96.3 Å². The number of nitrogens with zero attached hydrogens (tertiary/aromatic N) is 1. The Morgan fingerprint density at radius 1 is 0.519 bits per heavy atom. The molecule has 0 saturated heterocycles. The van der Waals surface area contributed by atoms with Gasteiger partial charge in [0.05, 0.1) is 0 Å². The molecule has 3 atom stereocenters. The van der Waals surface area contributed by atoms with Crippen molar-refractivity contribution >= 4 is 0 Å². The van der Waals surface area contributed by atoms with Gasteiger partial charge in [-0.3, -0.25) is 4.90 Å². The zero-order valence-corrected chi connectivity index (χ0v) is 18.5. The zero-order chi connectivity index (χ0) is 18.6. The summed E-state index contributed by atoms with van der Waals surface area (Å²) in [5.74, 6) is 4.09. The fourth-order valence-electron chi connectivity index (χ4n) is 7.71. The maximum atomic E-state index is 3.15. The highest BCUT2D eigenvalue weighted by molar-refractivity contribution is 4.92. The third-order valence-corrected chi connectivity index (χ3v) is 9.28. The predicted molar refractivity (Wildman–Crippen MR) is 117 cm³/mol. The van der Waals surface area contributed by atoms with Gasteiger partial charge in [0.15, 0.2) is 0 Å². The summed E-state index contributed by atoms with van der Waals surface area (Å²) in [4.78, 5) is 3.15. The molecule has 4 aliphatic carbocycles. The van der Waals surface area contributed by atoms with Crippen molar-refractivity contribution in [2.24, 2.45) is 23.7 Å². The van der Waals surface area contributed by atoms with Crippen LogP contribution in [0.3, 0.4) is 0 Å². The van der Waals surface area contributed by atoms with Crippen LogP contribution < -0.4 is 0 Å². The molecule has 4 fully saturated rings. The van der Waals surface area contributed by atoms with E-state index in [1.54, 1.807) is 12.8 Å². The zero-order valence-electron chi connectivity index (χ0n) is 18.5. The Labute approximate surface area is 170 Å². The maximum absolute atomic E-state index is 3.15. The summed E-state index contributed by atoms with van der Waals surface area (Å²) < 4.78 is 0. The average Bonchev–Trinajstić information content (AvgIpc) is 2.72. The molecule has 4 rings (SSSR count). The van der Waals surface area contributed by atoms with Crippen LogP contribution in [0.4, 0.5) is 0 Å². The lowest BCUT2D eigenvalue weighted by molar-refractivity contribution is 0.00321. The van der Waals surface area contributed by atoms with Crippen molar-refractivity contribution in [2.75, 3.05) is 0 Å². The molecule has 3 unspecified atom stereocenters. The fraction of sp³-hybridized carbons (Fsp3) is 1.00. The molecule has 156 valence electrons. The molecule has 4 saturated carbocycles. The normalized spacial score (nSPS) is 40.3. The smallest absolute Gasteiger partial charge is 0.0101 e. The first kappa shape index (κ1) is 20.2. The van der Waals surface area contributed by atoms with Crippen LogP contribution in [-0.4, -0.2) is 23.0 Å². The molecule has 0 aromatic rings. The summed E-state index contributed by atoms with van der Waals surface area (Å²) in [6.45, 7) is 5.08. The Balaban J connectivity index is 1.38. The molecular formula is C26H47N. The van der Waals surface area contributed by atoms with Gasteiger partial charge in [0, 0.05) is 18.1 Å². The first-order valence-corrected chi connectivity index (χ1v) is 13.0. The summed E-state index contributed by atoms with van der Waals surface area (Å²) >= 11 is 0. The van der Waals surface area contributed by atoms with Gasteiger partial charge in [-0.05, 0) is 81.5 Å². The van der Waals surface area contributed by atoms with Crippen LogP contribution in [-0.2, 0) is 0 Å². The molecule has 1 nitrogen and oxygen atoms in total. The lowest BCUT2D eigenvalue weighted by Gasteiger charge is -2.49. The minimum Gasteiger partial charge on any atom is -0.294 e. The minimum atomic E-state index is 0.934. The fourth-order valence-corrected chi connectivity index (χ4v) is 7.71. The maximum Gasteiger partial charge on any atom is 0.0101 e. The van der Waals surface area contributed by atoms with Crippen LogP contribution in [0, 0.1) is 23.7 Å². The molecular weight excluding hydrogens is 326 g/mol. The number of rotatable bonds is 4. The monoisotopic (exact) mass is 373 g/mol. The average molecular weight is 374 g/mol. The van der Waals surface area contributed by atoms with E-state index < -0.39 is 0 Å². The molecule has 0 spiro atoms. The number of hydrogen-bond donors (Lipinski definition) is 0. The third-order valence-electron chi connectivity index (χ3n) is 9.28. The van der Waals surface area contributed by atoms with Gasteiger partial charge in [-0.25, -0.2) is 0 Å². The van der Waals surface area contributed by atoms with Crippen LogP contribution >= 0.6 is 0 Å². The standard InChI is InChI=1S/C26H47N/c1-20-13-14-21(2)26(19-20)22-15-17-25(18-16-22)27(23-9-5-3-6-10-23)24-11-7-4-8-12-24/h20-26H,3-19H2,1-2H3. The van der Waals surface area contributed by atoms with E-state index in [0.29, 0.717) is 0 Å². The van der Waals surface area contributed by atoms with Crippen molar-refractivity contribution in [1.82, 2.24) is 4.90 Å². The molecule has 1 heteroatoms. The Hall–Kier alpha value is -0.0400. The van der Waals surface area contributed by atoms with Crippen LogP contribution in [0.1, 0.15) is 123 Å². The lowest BCUT2D eigenvalue weighted by Crippen LogP contribution is -2.52. The van der Waals surface area contributed by atoms with E-state index in [-0.39, 0.29) is 0 Å². The van der Waals surface area contributed by atoms with Crippen molar-refractivity contribution in [3.63, 3.8) is 0 Å². The Kier molecular flexibility index (Phi) is 7.23. The SMILES string of the molecule is CC1CCC(C)C(C2CCC(N(C3CCCCC3)C3CCCCC3)CC2)C1. The number of hydrogen-bond acceptors (Lipinski definition) is 1. The molecule has 0 aromatic carbocycles. The van der Waals surface area contributed by atoms with E-state index in [2.05, 4.69) is 18.7 Å². The van der Waals surface area contributed by atoms with Crippen molar-refractivity contribution < 1.29 is 0 Å². The highest BCUT2D eigenvalue weighted by atomic mass is 15.2. The Morgan fingerprint density at radius 3 is 1.59 bits per heavy atom. The molecule has 0 N–H and O–H groups in total. The van der Waals surface area contributed by atoms with Gasteiger partial charge in [0.2, 0.25) is 0 Å². The summed E-state index contributed by atoms with van der Waals surface area (Å²) in [6, 6.07) is 2.82. The first-order valence-electron chi connectivity index (χ1n) is 13.0. The second-order valence-electron chi connectivity index (χ2n) is 11.2. The van der Waals surface area contributed by atoms with E-state index in [9.17, 15) is 0 Å². The lowest BCUT2D eigenvalue weighted by atomic mass is 9.65. The highest BCUT2D eigenvalue weighted by Gasteiger charge is 2.39. The van der Waals surface area contributed by atoms with Gasteiger partial charge in [-0.1, -0.05) is 65.2 Å². The second kappa shape index (κ2) is 9.64. The first-order chi connectivity index (χ1) is 13.2. The molecule has 0 aromatic heterocycles. The molecule has 0 bridgehead atoms. The van der Waals surface area contributed by atoms with Crippen LogP contribution in [0.5, 0.6) is 0 Å². The van der Waals surface area contributed by atoms with Gasteiger partial charge in [-0.2, -0.15) is 0 Å². The van der Waals surface area contributed by atoms with Gasteiger partial charge < -0.3 is 0 Å². The summed E-state index contributed by atoms with van der Waals surface area (Å²) in [5, 5.41) is 0. The van der Waals surface area contributed by atoms with E-state index in [0.717, 1.165) is 41.8 Å². The van der Waals surface area contributed by atoms with Crippen molar-refractivity contribution in [1.29, 1.82) is 0 Å².